The lowest BCUT2D eigenvalue weighted by Gasteiger charge is -2.40. The van der Waals surface area contributed by atoms with E-state index in [2.05, 4.69) is 5.32 Å². The van der Waals surface area contributed by atoms with Crippen LogP contribution in [0, 0.1) is 0 Å². The Hall–Kier alpha value is 0.0800. The Morgan fingerprint density at radius 3 is 2.26 bits per heavy atom. The third-order valence-corrected chi connectivity index (χ3v) is 5.53. The van der Waals surface area contributed by atoms with Gasteiger partial charge in [-0.2, -0.15) is 17.0 Å². The first-order chi connectivity index (χ1) is 8.41. The normalized spacial score (nSPS) is 34.8. The molecular weight excluding hydrogens is 290 g/mol. The van der Waals surface area contributed by atoms with E-state index in [4.69, 9.17) is 4.74 Å². The van der Waals surface area contributed by atoms with Crippen molar-refractivity contribution in [3.05, 3.63) is 0 Å². The van der Waals surface area contributed by atoms with Crippen molar-refractivity contribution >= 4 is 22.6 Å². The Kier molecular flexibility index (Phi) is 6.03. The highest BCUT2D eigenvalue weighted by Gasteiger charge is 2.38. The van der Waals surface area contributed by atoms with E-state index in [9.17, 15) is 8.42 Å². The zero-order chi connectivity index (χ0) is 13.3. The lowest BCUT2D eigenvalue weighted by molar-refractivity contribution is -0.0458. The van der Waals surface area contributed by atoms with E-state index in [1.54, 1.807) is 8.61 Å². The molecule has 0 saturated carbocycles. The maximum atomic E-state index is 12.6. The van der Waals surface area contributed by atoms with Crippen molar-refractivity contribution in [1.82, 2.24) is 13.9 Å². The highest BCUT2D eigenvalue weighted by molar-refractivity contribution is 7.86. The summed E-state index contributed by atoms with van der Waals surface area (Å²) >= 11 is 0. The monoisotopic (exact) mass is 313 g/mol. The number of hydrogen-bond donors (Lipinski definition) is 1. The summed E-state index contributed by atoms with van der Waals surface area (Å²) < 4.78 is 34.0. The molecule has 0 aromatic carbocycles. The van der Waals surface area contributed by atoms with E-state index in [0.717, 1.165) is 6.54 Å². The van der Waals surface area contributed by atoms with Crippen molar-refractivity contribution in [3.8, 4) is 0 Å². The molecule has 0 aromatic heterocycles. The van der Waals surface area contributed by atoms with Crippen molar-refractivity contribution in [2.45, 2.75) is 39.0 Å². The van der Waals surface area contributed by atoms with Crippen molar-refractivity contribution < 1.29 is 13.2 Å². The first kappa shape index (κ1) is 17.1. The molecule has 3 atom stereocenters. The van der Waals surface area contributed by atoms with Crippen LogP contribution in [0.5, 0.6) is 0 Å². The topological polar surface area (TPSA) is 61.9 Å². The standard InChI is InChI=1S/C11H23N3O3S.ClH/c1-9-6-12-4-5-14(9)18(15,16)13-7-10(2)17-11(3)8-13;/h9-12H,4-8H2,1-3H3;1H/t9-,10?,11?;/m1./s1. The maximum absolute atomic E-state index is 12.6. The van der Waals surface area contributed by atoms with E-state index in [1.807, 2.05) is 20.8 Å². The van der Waals surface area contributed by atoms with Gasteiger partial charge in [0.1, 0.15) is 0 Å². The Labute approximate surface area is 122 Å². The Morgan fingerprint density at radius 2 is 1.74 bits per heavy atom. The summed E-state index contributed by atoms with van der Waals surface area (Å²) in [7, 11) is -3.35. The molecule has 2 unspecified atom stereocenters. The largest absolute Gasteiger partial charge is 0.373 e. The van der Waals surface area contributed by atoms with Crippen LogP contribution < -0.4 is 5.32 Å². The minimum Gasteiger partial charge on any atom is -0.373 e. The number of ether oxygens (including phenoxy) is 1. The predicted octanol–water partition coefficient (Wildman–Crippen LogP) is 0.0559. The fourth-order valence-electron chi connectivity index (χ4n) is 2.63. The fourth-order valence-corrected chi connectivity index (χ4v) is 4.58. The van der Waals surface area contributed by atoms with Gasteiger partial charge in [0.2, 0.25) is 0 Å². The molecule has 2 rings (SSSR count). The number of nitrogens with one attached hydrogen (secondary N) is 1. The minimum absolute atomic E-state index is 0. The lowest BCUT2D eigenvalue weighted by Crippen LogP contribution is -2.59. The number of nitrogens with zero attached hydrogens (tertiary/aromatic N) is 2. The number of piperazine rings is 1. The zero-order valence-electron chi connectivity index (χ0n) is 11.7. The van der Waals surface area contributed by atoms with E-state index in [-0.39, 0.29) is 30.7 Å². The van der Waals surface area contributed by atoms with Crippen molar-refractivity contribution in [2.75, 3.05) is 32.7 Å². The van der Waals surface area contributed by atoms with Crippen LogP contribution in [0.3, 0.4) is 0 Å². The van der Waals surface area contributed by atoms with Crippen molar-refractivity contribution in [1.29, 1.82) is 0 Å². The zero-order valence-corrected chi connectivity index (χ0v) is 13.3. The van der Waals surface area contributed by atoms with E-state index >= 15 is 0 Å². The molecule has 0 radical (unpaired) electrons. The average molecular weight is 314 g/mol. The second kappa shape index (κ2) is 6.69. The summed E-state index contributed by atoms with van der Waals surface area (Å²) in [6.45, 7) is 8.65. The molecule has 8 heteroatoms. The van der Waals surface area contributed by atoms with Crippen LogP contribution in [0.15, 0.2) is 0 Å². The molecule has 2 aliphatic heterocycles. The predicted molar refractivity (Wildman–Crippen MR) is 76.8 cm³/mol. The Bertz CT molecular complexity index is 383. The molecule has 2 saturated heterocycles. The van der Waals surface area contributed by atoms with Crippen LogP contribution in [-0.2, 0) is 14.9 Å². The average Bonchev–Trinajstić information content (AvgIpc) is 2.28. The quantitative estimate of drug-likeness (QED) is 0.783. The first-order valence-electron chi connectivity index (χ1n) is 6.54. The van der Waals surface area contributed by atoms with E-state index in [1.165, 1.54) is 0 Å². The third-order valence-electron chi connectivity index (χ3n) is 3.45. The van der Waals surface area contributed by atoms with Gasteiger partial charge in [0.15, 0.2) is 0 Å². The molecular formula is C11H24ClN3O3S. The fraction of sp³-hybridized carbons (Fsp3) is 1.00. The molecule has 2 aliphatic rings. The van der Waals surface area contributed by atoms with Gasteiger partial charge in [-0.3, -0.25) is 0 Å². The van der Waals surface area contributed by atoms with Crippen LogP contribution in [0.1, 0.15) is 20.8 Å². The molecule has 0 aliphatic carbocycles. The molecule has 2 heterocycles. The van der Waals surface area contributed by atoms with Crippen LogP contribution in [0.2, 0.25) is 0 Å². The molecule has 0 aromatic rings. The minimum atomic E-state index is -3.35. The second-order valence-corrected chi connectivity index (χ2v) is 7.13. The van der Waals surface area contributed by atoms with Gasteiger partial charge in [-0.1, -0.05) is 0 Å². The molecule has 1 N–H and O–H groups in total. The van der Waals surface area contributed by atoms with E-state index in [0.29, 0.717) is 26.2 Å². The molecule has 2 fully saturated rings. The van der Waals surface area contributed by atoms with Crippen LogP contribution in [0.4, 0.5) is 0 Å². The number of morpholine rings is 1. The lowest BCUT2D eigenvalue weighted by atomic mass is 10.3. The number of rotatable bonds is 2. The van der Waals surface area contributed by atoms with E-state index < -0.39 is 10.2 Å². The molecule has 19 heavy (non-hydrogen) atoms. The van der Waals surface area contributed by atoms with Crippen LogP contribution in [-0.4, -0.2) is 68.0 Å². The summed E-state index contributed by atoms with van der Waals surface area (Å²) in [6, 6.07) is 0.0113. The number of hydrogen-bond acceptors (Lipinski definition) is 4. The molecule has 0 bridgehead atoms. The van der Waals surface area contributed by atoms with Crippen LogP contribution in [0.25, 0.3) is 0 Å². The molecule has 6 nitrogen and oxygen atoms in total. The maximum Gasteiger partial charge on any atom is 0.282 e. The van der Waals surface area contributed by atoms with Gasteiger partial charge in [-0.15, -0.1) is 12.4 Å². The van der Waals surface area contributed by atoms with Gasteiger partial charge in [-0.05, 0) is 20.8 Å². The van der Waals surface area contributed by atoms with Gasteiger partial charge in [0, 0.05) is 38.8 Å². The van der Waals surface area contributed by atoms with Gasteiger partial charge < -0.3 is 10.1 Å². The van der Waals surface area contributed by atoms with Crippen molar-refractivity contribution in [2.24, 2.45) is 0 Å². The highest BCUT2D eigenvalue weighted by atomic mass is 35.5. The Morgan fingerprint density at radius 1 is 1.16 bits per heavy atom. The Balaban J connectivity index is 0.00000180. The SMILES string of the molecule is CC1CN(S(=O)(=O)N2CCNC[C@H]2C)CC(C)O1.Cl. The van der Waals surface area contributed by atoms with Gasteiger partial charge in [0.25, 0.3) is 10.2 Å². The van der Waals surface area contributed by atoms with Gasteiger partial charge in [-0.25, -0.2) is 0 Å². The van der Waals surface area contributed by atoms with Crippen molar-refractivity contribution in [3.63, 3.8) is 0 Å². The van der Waals surface area contributed by atoms with Crippen LogP contribution >= 0.6 is 12.4 Å². The summed E-state index contributed by atoms with van der Waals surface area (Å²) in [5, 5.41) is 3.21. The molecule has 0 amide bonds. The molecule has 114 valence electrons. The summed E-state index contributed by atoms with van der Waals surface area (Å²) in [6.07, 6.45) is -0.0801. The first-order valence-corrected chi connectivity index (χ1v) is 7.94. The summed E-state index contributed by atoms with van der Waals surface area (Å²) in [5.41, 5.74) is 0. The molecule has 0 spiro atoms. The van der Waals surface area contributed by atoms with Gasteiger partial charge >= 0.3 is 0 Å². The second-order valence-electron chi connectivity index (χ2n) is 5.25. The summed E-state index contributed by atoms with van der Waals surface area (Å²) in [5.74, 6) is 0. The summed E-state index contributed by atoms with van der Waals surface area (Å²) in [4.78, 5) is 0. The highest BCUT2D eigenvalue weighted by Crippen LogP contribution is 2.19. The van der Waals surface area contributed by atoms with Gasteiger partial charge in [0.05, 0.1) is 12.2 Å². The number of halogens is 1. The third kappa shape index (κ3) is 3.80. The smallest absolute Gasteiger partial charge is 0.282 e.